The molecule has 1 saturated heterocycles. The van der Waals surface area contributed by atoms with Crippen LogP contribution in [-0.4, -0.2) is 25.0 Å². The summed E-state index contributed by atoms with van der Waals surface area (Å²) in [6.07, 6.45) is 3.12. The third kappa shape index (κ3) is 3.85. The van der Waals surface area contributed by atoms with Crippen molar-refractivity contribution in [3.8, 4) is 0 Å². The van der Waals surface area contributed by atoms with Crippen LogP contribution in [0.5, 0.6) is 0 Å². The molecule has 3 rings (SSSR count). The van der Waals surface area contributed by atoms with E-state index in [2.05, 4.69) is 11.9 Å². The van der Waals surface area contributed by atoms with E-state index in [0.717, 1.165) is 49.1 Å². The molecule has 0 amide bonds. The largest absolute Gasteiger partial charge is 0.306 e. The third-order valence-corrected chi connectivity index (χ3v) is 4.43. The first-order chi connectivity index (χ1) is 11.1. The molecule has 0 unspecified atom stereocenters. The van der Waals surface area contributed by atoms with Crippen LogP contribution in [0.25, 0.3) is 5.57 Å². The summed E-state index contributed by atoms with van der Waals surface area (Å²) in [6, 6.07) is 13.2. The van der Waals surface area contributed by atoms with E-state index < -0.39 is 0 Å². The van der Waals surface area contributed by atoms with Gasteiger partial charge in [0.15, 0.2) is 0 Å². The molecule has 0 saturated carbocycles. The van der Waals surface area contributed by atoms with E-state index in [4.69, 9.17) is 0 Å². The van der Waals surface area contributed by atoms with Crippen LogP contribution in [0.3, 0.4) is 0 Å². The molecule has 0 aromatic heterocycles. The molecular weight excluding hydrogens is 292 g/mol. The van der Waals surface area contributed by atoms with Crippen LogP contribution in [0.15, 0.2) is 54.1 Å². The first-order valence-corrected chi connectivity index (χ1v) is 8.06. The van der Waals surface area contributed by atoms with Crippen LogP contribution in [0.1, 0.15) is 30.4 Å². The van der Waals surface area contributed by atoms with Gasteiger partial charge in [-0.1, -0.05) is 29.8 Å². The average molecular weight is 313 g/mol. The zero-order valence-corrected chi connectivity index (χ0v) is 13.4. The van der Waals surface area contributed by atoms with Gasteiger partial charge in [-0.2, -0.15) is 0 Å². The first kappa shape index (κ1) is 15.9. The smallest absolute Gasteiger partial charge is 0.123 e. The second-order valence-corrected chi connectivity index (χ2v) is 6.15. The maximum absolute atomic E-state index is 13.3. The molecule has 0 radical (unpaired) electrons. The molecule has 1 aliphatic rings. The maximum Gasteiger partial charge on any atom is 0.123 e. The summed E-state index contributed by atoms with van der Waals surface area (Å²) in [4.78, 5) is 2.33. The Morgan fingerprint density at radius 2 is 1.30 bits per heavy atom. The van der Waals surface area contributed by atoms with Gasteiger partial charge in [0.05, 0.1) is 0 Å². The Morgan fingerprint density at radius 3 is 1.83 bits per heavy atom. The maximum atomic E-state index is 13.3. The van der Waals surface area contributed by atoms with E-state index in [1.807, 2.05) is 24.3 Å². The number of nitrogens with zero attached hydrogens (tertiary/aromatic N) is 1. The minimum Gasteiger partial charge on any atom is -0.306 e. The van der Waals surface area contributed by atoms with E-state index in [1.54, 1.807) is 0 Å². The molecule has 1 aliphatic heterocycles. The Labute approximate surface area is 136 Å². The Morgan fingerprint density at radius 1 is 0.783 bits per heavy atom. The van der Waals surface area contributed by atoms with E-state index in [9.17, 15) is 8.78 Å². The fraction of sp³-hybridized carbons (Fsp3) is 0.300. The van der Waals surface area contributed by atoms with Crippen molar-refractivity contribution in [1.82, 2.24) is 4.90 Å². The summed E-state index contributed by atoms with van der Waals surface area (Å²) in [6.45, 7) is 2.10. The molecule has 3 heteroatoms. The van der Waals surface area contributed by atoms with Gasteiger partial charge < -0.3 is 4.90 Å². The molecule has 0 bridgehead atoms. The van der Waals surface area contributed by atoms with Gasteiger partial charge in [0, 0.05) is 6.54 Å². The molecular formula is C20H21F2N. The molecule has 0 spiro atoms. The van der Waals surface area contributed by atoms with Crippen LogP contribution in [0.4, 0.5) is 8.78 Å². The van der Waals surface area contributed by atoms with Gasteiger partial charge in [0.1, 0.15) is 11.6 Å². The van der Waals surface area contributed by atoms with Crippen molar-refractivity contribution in [2.45, 2.75) is 19.3 Å². The summed E-state index contributed by atoms with van der Waals surface area (Å²) in [5.74, 6) is -0.476. The summed E-state index contributed by atoms with van der Waals surface area (Å²) in [5, 5.41) is 0. The number of likely N-dealkylation sites (tertiary alicyclic amines) is 1. The topological polar surface area (TPSA) is 3.24 Å². The predicted octanol–water partition coefficient (Wildman–Crippen LogP) is 4.88. The van der Waals surface area contributed by atoms with Gasteiger partial charge in [-0.25, -0.2) is 8.78 Å². The zero-order valence-electron chi connectivity index (χ0n) is 13.4. The Balaban J connectivity index is 2.09. The van der Waals surface area contributed by atoms with E-state index >= 15 is 0 Å². The number of hydrogen-bond donors (Lipinski definition) is 0. The lowest BCUT2D eigenvalue weighted by molar-refractivity contribution is 0.351. The highest BCUT2D eigenvalue weighted by Crippen LogP contribution is 2.32. The quantitative estimate of drug-likeness (QED) is 0.763. The fourth-order valence-electron chi connectivity index (χ4n) is 3.18. The van der Waals surface area contributed by atoms with Gasteiger partial charge in [-0.05, 0) is 73.8 Å². The third-order valence-electron chi connectivity index (χ3n) is 4.43. The standard InChI is InChI=1S/C20H21F2N/c1-23-13-2-3-15(12-14-23)20(16-4-8-18(21)9-5-16)17-6-10-19(22)11-7-17/h4-11H,2-3,12-14H2,1H3. The van der Waals surface area contributed by atoms with Crippen LogP contribution in [0.2, 0.25) is 0 Å². The summed E-state index contributed by atoms with van der Waals surface area (Å²) < 4.78 is 26.6. The number of hydrogen-bond acceptors (Lipinski definition) is 1. The Bertz CT molecular complexity index is 639. The molecule has 1 heterocycles. The van der Waals surface area contributed by atoms with Crippen molar-refractivity contribution in [1.29, 1.82) is 0 Å². The molecule has 120 valence electrons. The van der Waals surface area contributed by atoms with Crippen molar-refractivity contribution in [2.75, 3.05) is 20.1 Å². The van der Waals surface area contributed by atoms with Crippen molar-refractivity contribution < 1.29 is 8.78 Å². The van der Waals surface area contributed by atoms with E-state index in [1.165, 1.54) is 29.8 Å². The number of benzene rings is 2. The van der Waals surface area contributed by atoms with Crippen LogP contribution < -0.4 is 0 Å². The summed E-state index contributed by atoms with van der Waals surface area (Å²) in [7, 11) is 2.14. The van der Waals surface area contributed by atoms with Gasteiger partial charge in [0.25, 0.3) is 0 Å². The van der Waals surface area contributed by atoms with Crippen LogP contribution >= 0.6 is 0 Å². The highest BCUT2D eigenvalue weighted by molar-refractivity contribution is 5.82. The average Bonchev–Trinajstić information content (AvgIpc) is 2.76. The molecule has 0 atom stereocenters. The molecule has 2 aromatic rings. The Kier molecular flexibility index (Phi) is 4.87. The van der Waals surface area contributed by atoms with E-state index in [-0.39, 0.29) is 11.6 Å². The fourth-order valence-corrected chi connectivity index (χ4v) is 3.18. The lowest BCUT2D eigenvalue weighted by Gasteiger charge is -2.16. The SMILES string of the molecule is CN1CCCC(=C(c2ccc(F)cc2)c2ccc(F)cc2)CC1. The highest BCUT2D eigenvalue weighted by Gasteiger charge is 2.16. The monoisotopic (exact) mass is 313 g/mol. The van der Waals surface area contributed by atoms with Gasteiger partial charge in [0.2, 0.25) is 0 Å². The van der Waals surface area contributed by atoms with Crippen molar-refractivity contribution in [3.63, 3.8) is 0 Å². The van der Waals surface area contributed by atoms with Crippen molar-refractivity contribution in [2.24, 2.45) is 0 Å². The molecule has 1 fully saturated rings. The normalized spacial score (nSPS) is 16.2. The molecule has 0 aliphatic carbocycles. The lowest BCUT2D eigenvalue weighted by atomic mass is 9.90. The highest BCUT2D eigenvalue weighted by atomic mass is 19.1. The second kappa shape index (κ2) is 7.05. The van der Waals surface area contributed by atoms with E-state index in [0.29, 0.717) is 0 Å². The van der Waals surface area contributed by atoms with Crippen LogP contribution in [0, 0.1) is 11.6 Å². The molecule has 2 aromatic carbocycles. The van der Waals surface area contributed by atoms with Gasteiger partial charge in [-0.15, -0.1) is 0 Å². The number of halogens is 2. The molecule has 23 heavy (non-hydrogen) atoms. The second-order valence-electron chi connectivity index (χ2n) is 6.15. The zero-order chi connectivity index (χ0) is 16.2. The van der Waals surface area contributed by atoms with Gasteiger partial charge in [-0.3, -0.25) is 0 Å². The van der Waals surface area contributed by atoms with Crippen molar-refractivity contribution in [3.05, 3.63) is 76.9 Å². The van der Waals surface area contributed by atoms with Crippen LogP contribution in [-0.2, 0) is 0 Å². The molecule has 0 N–H and O–H groups in total. The number of rotatable bonds is 2. The van der Waals surface area contributed by atoms with Crippen molar-refractivity contribution >= 4 is 5.57 Å². The predicted molar refractivity (Wildman–Crippen MR) is 90.2 cm³/mol. The summed E-state index contributed by atoms with van der Waals surface area (Å²) in [5.41, 5.74) is 4.49. The molecule has 1 nitrogen and oxygen atoms in total. The van der Waals surface area contributed by atoms with Gasteiger partial charge >= 0.3 is 0 Å². The minimum absolute atomic E-state index is 0.238. The minimum atomic E-state index is -0.238. The Hall–Kier alpha value is -2.00. The lowest BCUT2D eigenvalue weighted by Crippen LogP contribution is -2.18. The summed E-state index contributed by atoms with van der Waals surface area (Å²) >= 11 is 0. The first-order valence-electron chi connectivity index (χ1n) is 8.06.